The maximum Gasteiger partial charge on any atom is 0.254 e. The molecule has 146 valence electrons. The van der Waals surface area contributed by atoms with E-state index in [0.29, 0.717) is 43.1 Å². The molecule has 0 N–H and O–H groups in total. The Balaban J connectivity index is 1.38. The minimum Gasteiger partial charge on any atom is -0.457 e. The van der Waals surface area contributed by atoms with Crippen molar-refractivity contribution in [1.82, 2.24) is 14.8 Å². The van der Waals surface area contributed by atoms with Crippen molar-refractivity contribution in [1.29, 1.82) is 0 Å². The summed E-state index contributed by atoms with van der Waals surface area (Å²) >= 11 is 0. The molecule has 6 heteroatoms. The number of hydrogen-bond donors (Lipinski definition) is 0. The molecule has 0 bridgehead atoms. The van der Waals surface area contributed by atoms with E-state index < -0.39 is 0 Å². The van der Waals surface area contributed by atoms with Gasteiger partial charge in [0, 0.05) is 49.7 Å². The largest absolute Gasteiger partial charge is 0.457 e. The SMILES string of the molecule is O=C(c1ccncc1)N1CCN(C(=O)c2cccc(Oc3ccccc3)c2)CC1. The summed E-state index contributed by atoms with van der Waals surface area (Å²) in [6, 6.07) is 20.1. The van der Waals surface area contributed by atoms with E-state index in [4.69, 9.17) is 4.74 Å². The molecule has 1 fully saturated rings. The normalized spacial score (nSPS) is 13.8. The Morgan fingerprint density at radius 2 is 1.28 bits per heavy atom. The number of carbonyl (C=O) groups excluding carboxylic acids is 2. The second-order valence-corrected chi connectivity index (χ2v) is 6.76. The van der Waals surface area contributed by atoms with Crippen LogP contribution in [0.5, 0.6) is 11.5 Å². The van der Waals surface area contributed by atoms with Crippen LogP contribution in [0.25, 0.3) is 0 Å². The van der Waals surface area contributed by atoms with Crippen molar-refractivity contribution in [3.05, 3.63) is 90.3 Å². The van der Waals surface area contributed by atoms with E-state index in [1.54, 1.807) is 46.5 Å². The zero-order valence-corrected chi connectivity index (χ0v) is 15.9. The van der Waals surface area contributed by atoms with Crippen molar-refractivity contribution < 1.29 is 14.3 Å². The number of nitrogens with zero attached hydrogens (tertiary/aromatic N) is 3. The standard InChI is InChI=1S/C23H21N3O3/c27-22(18-9-11-24-12-10-18)25-13-15-26(16-14-25)23(28)19-5-4-8-21(17-19)29-20-6-2-1-3-7-20/h1-12,17H,13-16H2. The second-order valence-electron chi connectivity index (χ2n) is 6.76. The Kier molecular flexibility index (Phi) is 5.52. The molecule has 0 radical (unpaired) electrons. The highest BCUT2D eigenvalue weighted by Gasteiger charge is 2.25. The van der Waals surface area contributed by atoms with Crippen LogP contribution >= 0.6 is 0 Å². The third-order valence-corrected chi connectivity index (χ3v) is 4.84. The molecule has 1 aliphatic heterocycles. The van der Waals surface area contributed by atoms with Gasteiger partial charge >= 0.3 is 0 Å². The molecule has 6 nitrogen and oxygen atoms in total. The maximum atomic E-state index is 12.9. The van der Waals surface area contributed by atoms with Gasteiger partial charge < -0.3 is 14.5 Å². The Labute approximate surface area is 169 Å². The third-order valence-electron chi connectivity index (χ3n) is 4.84. The van der Waals surface area contributed by atoms with Gasteiger partial charge in [0.15, 0.2) is 0 Å². The summed E-state index contributed by atoms with van der Waals surface area (Å²) in [5.41, 5.74) is 1.19. The van der Waals surface area contributed by atoms with E-state index in [-0.39, 0.29) is 11.8 Å². The predicted octanol–water partition coefficient (Wildman–Crippen LogP) is 3.47. The lowest BCUT2D eigenvalue weighted by Crippen LogP contribution is -2.50. The first-order valence-electron chi connectivity index (χ1n) is 9.52. The van der Waals surface area contributed by atoms with E-state index in [0.717, 1.165) is 5.75 Å². The van der Waals surface area contributed by atoms with E-state index in [1.807, 2.05) is 42.5 Å². The first kappa shape index (κ1) is 18.7. The van der Waals surface area contributed by atoms with Gasteiger partial charge in [0.2, 0.25) is 0 Å². The third kappa shape index (κ3) is 4.43. The van der Waals surface area contributed by atoms with Crippen molar-refractivity contribution in [3.8, 4) is 11.5 Å². The van der Waals surface area contributed by atoms with Crippen molar-refractivity contribution in [2.75, 3.05) is 26.2 Å². The van der Waals surface area contributed by atoms with Crippen LogP contribution in [-0.2, 0) is 0 Å². The Bertz CT molecular complexity index is 985. The zero-order chi connectivity index (χ0) is 20.1. The van der Waals surface area contributed by atoms with E-state index in [1.165, 1.54) is 0 Å². The average molecular weight is 387 g/mol. The van der Waals surface area contributed by atoms with Gasteiger partial charge in [-0.25, -0.2) is 0 Å². The highest BCUT2D eigenvalue weighted by atomic mass is 16.5. The minimum absolute atomic E-state index is 0.0299. The number of hydrogen-bond acceptors (Lipinski definition) is 4. The van der Waals surface area contributed by atoms with Crippen LogP contribution < -0.4 is 4.74 Å². The highest BCUT2D eigenvalue weighted by molar-refractivity contribution is 5.96. The summed E-state index contributed by atoms with van der Waals surface area (Å²) in [6.07, 6.45) is 3.22. The topological polar surface area (TPSA) is 62.7 Å². The summed E-state index contributed by atoms with van der Waals surface area (Å²) in [6.45, 7) is 2.01. The predicted molar refractivity (Wildman–Crippen MR) is 109 cm³/mol. The van der Waals surface area contributed by atoms with Crippen LogP contribution in [0.3, 0.4) is 0 Å². The first-order chi connectivity index (χ1) is 14.2. The van der Waals surface area contributed by atoms with Crippen LogP contribution in [0.2, 0.25) is 0 Å². The zero-order valence-electron chi connectivity index (χ0n) is 15.9. The first-order valence-corrected chi connectivity index (χ1v) is 9.52. The number of para-hydroxylation sites is 1. The Morgan fingerprint density at radius 1 is 0.690 bits per heavy atom. The van der Waals surface area contributed by atoms with Gasteiger partial charge in [-0.05, 0) is 42.5 Å². The van der Waals surface area contributed by atoms with Gasteiger partial charge in [-0.3, -0.25) is 14.6 Å². The monoisotopic (exact) mass is 387 g/mol. The fourth-order valence-corrected chi connectivity index (χ4v) is 3.29. The molecule has 0 aliphatic carbocycles. The van der Waals surface area contributed by atoms with Crippen molar-refractivity contribution >= 4 is 11.8 Å². The number of ether oxygens (including phenoxy) is 1. The molecule has 3 aromatic rings. The number of piperazine rings is 1. The number of amides is 2. The molecule has 1 aliphatic rings. The van der Waals surface area contributed by atoms with E-state index in [9.17, 15) is 9.59 Å². The van der Waals surface area contributed by atoms with Crippen molar-refractivity contribution in [2.24, 2.45) is 0 Å². The van der Waals surface area contributed by atoms with Crippen LogP contribution in [-0.4, -0.2) is 52.8 Å². The summed E-state index contributed by atoms with van der Waals surface area (Å²) in [4.78, 5) is 32.9. The van der Waals surface area contributed by atoms with Crippen LogP contribution in [0.15, 0.2) is 79.1 Å². The molecule has 29 heavy (non-hydrogen) atoms. The fraction of sp³-hybridized carbons (Fsp3) is 0.174. The second kappa shape index (κ2) is 8.56. The minimum atomic E-state index is -0.0560. The van der Waals surface area contributed by atoms with Crippen molar-refractivity contribution in [3.63, 3.8) is 0 Å². The molecule has 0 saturated carbocycles. The lowest BCUT2D eigenvalue weighted by molar-refractivity contribution is 0.0535. The van der Waals surface area contributed by atoms with Crippen LogP contribution in [0, 0.1) is 0 Å². The number of benzene rings is 2. The summed E-state index contributed by atoms with van der Waals surface area (Å²) < 4.78 is 5.83. The highest BCUT2D eigenvalue weighted by Crippen LogP contribution is 2.22. The van der Waals surface area contributed by atoms with Crippen LogP contribution in [0.1, 0.15) is 20.7 Å². The Morgan fingerprint density at radius 3 is 1.93 bits per heavy atom. The summed E-state index contributed by atoms with van der Waals surface area (Å²) in [5.74, 6) is 1.26. The molecule has 4 rings (SSSR count). The number of aromatic nitrogens is 1. The van der Waals surface area contributed by atoms with Gasteiger partial charge in [-0.15, -0.1) is 0 Å². The molecule has 2 aromatic carbocycles. The Hall–Kier alpha value is -3.67. The lowest BCUT2D eigenvalue weighted by Gasteiger charge is -2.34. The van der Waals surface area contributed by atoms with Gasteiger partial charge in [0.05, 0.1) is 0 Å². The summed E-state index contributed by atoms with van der Waals surface area (Å²) in [7, 11) is 0. The smallest absolute Gasteiger partial charge is 0.254 e. The molecular weight excluding hydrogens is 366 g/mol. The molecular formula is C23H21N3O3. The van der Waals surface area contributed by atoms with Gasteiger partial charge in [-0.2, -0.15) is 0 Å². The van der Waals surface area contributed by atoms with Crippen molar-refractivity contribution in [2.45, 2.75) is 0 Å². The average Bonchev–Trinajstić information content (AvgIpc) is 2.80. The molecule has 0 spiro atoms. The fourth-order valence-electron chi connectivity index (χ4n) is 3.29. The quantitative estimate of drug-likeness (QED) is 0.688. The molecule has 1 saturated heterocycles. The number of pyridine rings is 1. The van der Waals surface area contributed by atoms with Gasteiger partial charge in [-0.1, -0.05) is 24.3 Å². The van der Waals surface area contributed by atoms with Gasteiger partial charge in [0.1, 0.15) is 11.5 Å². The lowest BCUT2D eigenvalue weighted by atomic mass is 10.1. The number of rotatable bonds is 4. The molecule has 2 amide bonds. The molecule has 1 aromatic heterocycles. The molecule has 0 atom stereocenters. The molecule has 2 heterocycles. The van der Waals surface area contributed by atoms with Gasteiger partial charge in [0.25, 0.3) is 11.8 Å². The van der Waals surface area contributed by atoms with E-state index >= 15 is 0 Å². The number of carbonyl (C=O) groups is 2. The van der Waals surface area contributed by atoms with E-state index in [2.05, 4.69) is 4.98 Å². The maximum absolute atomic E-state index is 12.9. The molecule has 0 unspecified atom stereocenters. The van der Waals surface area contributed by atoms with Crippen LogP contribution in [0.4, 0.5) is 0 Å². The summed E-state index contributed by atoms with van der Waals surface area (Å²) in [5, 5.41) is 0.